The van der Waals surface area contributed by atoms with Crippen LogP contribution in [0, 0.1) is 0 Å². The molecule has 0 atom stereocenters. The number of carbonyl (C=O) groups is 1. The maximum Gasteiger partial charge on any atom is 0.374 e. The van der Waals surface area contributed by atoms with E-state index in [4.69, 9.17) is 23.7 Å². The lowest BCUT2D eigenvalue weighted by Crippen LogP contribution is -2.02. The first-order valence-corrected chi connectivity index (χ1v) is 8.90. The topological polar surface area (TPSA) is 124 Å². The van der Waals surface area contributed by atoms with Crippen LogP contribution in [0.2, 0.25) is 0 Å². The largest absolute Gasteiger partial charge is 0.460 e. The molecule has 0 saturated carbocycles. The number of azide groups is 1. The summed E-state index contributed by atoms with van der Waals surface area (Å²) in [7, 11) is -3.38. The van der Waals surface area contributed by atoms with Gasteiger partial charge in [-0.15, -0.1) is 0 Å². The van der Waals surface area contributed by atoms with Crippen molar-refractivity contribution in [1.82, 2.24) is 0 Å². The molecule has 0 N–H and O–H groups in total. The highest BCUT2D eigenvalue weighted by atomic mass is 31.2. The lowest BCUT2D eigenvalue weighted by molar-refractivity contribution is 0.0488. The Morgan fingerprint density at radius 2 is 1.96 bits per heavy atom. The van der Waals surface area contributed by atoms with Gasteiger partial charge in [-0.05, 0) is 32.4 Å². The predicted octanol–water partition coefficient (Wildman–Crippen LogP) is 4.03. The second-order valence-corrected chi connectivity index (χ2v) is 6.33. The number of furan rings is 1. The molecule has 0 spiro atoms. The number of nitrogens with zero attached hydrogens (tertiary/aromatic N) is 3. The molecule has 0 aliphatic rings. The molecule has 9 nitrogen and oxygen atoms in total. The molecule has 1 rings (SSSR count). The lowest BCUT2D eigenvalue weighted by atomic mass is 10.2. The number of rotatable bonds is 10. The Morgan fingerprint density at radius 1 is 1.30 bits per heavy atom. The van der Waals surface area contributed by atoms with Crippen LogP contribution in [0.15, 0.2) is 15.6 Å². The van der Waals surface area contributed by atoms with Crippen molar-refractivity contribution in [1.29, 1.82) is 0 Å². The van der Waals surface area contributed by atoms with Crippen molar-refractivity contribution in [3.05, 3.63) is 33.6 Å². The third-order valence-corrected chi connectivity index (χ3v) is 4.70. The molecule has 1 aromatic rings. The zero-order valence-corrected chi connectivity index (χ0v) is 14.2. The molecule has 10 heteroatoms. The van der Waals surface area contributed by atoms with Crippen LogP contribution in [0.3, 0.4) is 0 Å². The van der Waals surface area contributed by atoms with E-state index in [1.165, 1.54) is 6.07 Å². The molecule has 23 heavy (non-hydrogen) atoms. The van der Waals surface area contributed by atoms with Gasteiger partial charge >= 0.3 is 13.6 Å². The van der Waals surface area contributed by atoms with E-state index in [9.17, 15) is 9.36 Å². The Bertz CT molecular complexity index is 613. The van der Waals surface area contributed by atoms with E-state index in [2.05, 4.69) is 10.0 Å². The molecule has 0 unspecified atom stereocenters. The Hall–Kier alpha value is -1.79. The van der Waals surface area contributed by atoms with Gasteiger partial charge in [0.2, 0.25) is 5.76 Å². The second-order valence-electron chi connectivity index (χ2n) is 4.27. The van der Waals surface area contributed by atoms with Gasteiger partial charge in [0.05, 0.1) is 32.5 Å². The molecule has 0 fully saturated rings. The minimum atomic E-state index is -3.38. The number of hydrogen-bond acceptors (Lipinski definition) is 7. The fourth-order valence-electron chi connectivity index (χ4n) is 1.86. The van der Waals surface area contributed by atoms with Crippen LogP contribution in [0.5, 0.6) is 0 Å². The summed E-state index contributed by atoms with van der Waals surface area (Å²) in [6, 6.07) is 1.41. The van der Waals surface area contributed by atoms with Gasteiger partial charge in [-0.3, -0.25) is 4.57 Å². The van der Waals surface area contributed by atoms with Gasteiger partial charge in [-0.2, -0.15) is 0 Å². The van der Waals surface area contributed by atoms with E-state index in [0.717, 1.165) is 0 Å². The standard InChI is InChI=1S/C13H20N3O6P/c1-4-19-13(17)11-7-10(12(22-11)8-15-16-14)9-23(18,20-5-2)21-6-3/h7H,4-6,8-9H2,1-3H3. The van der Waals surface area contributed by atoms with E-state index in [1.54, 1.807) is 20.8 Å². The highest BCUT2D eigenvalue weighted by Gasteiger charge is 2.28. The van der Waals surface area contributed by atoms with Crippen molar-refractivity contribution in [3.8, 4) is 0 Å². The van der Waals surface area contributed by atoms with Crippen LogP contribution in [0.25, 0.3) is 10.4 Å². The summed E-state index contributed by atoms with van der Waals surface area (Å²) < 4.78 is 33.3. The fraction of sp³-hybridized carbons (Fsp3) is 0.615. The van der Waals surface area contributed by atoms with E-state index in [1.807, 2.05) is 0 Å². The maximum atomic E-state index is 12.6. The zero-order valence-electron chi connectivity index (χ0n) is 13.4. The Labute approximate surface area is 134 Å². The lowest BCUT2D eigenvalue weighted by Gasteiger charge is -2.16. The minimum absolute atomic E-state index is 0.0514. The fourth-order valence-corrected chi connectivity index (χ4v) is 3.59. The van der Waals surface area contributed by atoms with E-state index in [-0.39, 0.29) is 44.0 Å². The first kappa shape index (κ1) is 19.3. The van der Waals surface area contributed by atoms with Crippen LogP contribution in [0.1, 0.15) is 42.6 Å². The first-order valence-electron chi connectivity index (χ1n) is 7.17. The highest BCUT2D eigenvalue weighted by molar-refractivity contribution is 7.53. The average Bonchev–Trinajstić information content (AvgIpc) is 2.88. The molecular weight excluding hydrogens is 325 g/mol. The Morgan fingerprint density at radius 3 is 2.48 bits per heavy atom. The highest BCUT2D eigenvalue weighted by Crippen LogP contribution is 2.52. The SMILES string of the molecule is CCOC(=O)c1cc(CP(=O)(OCC)OCC)c(CN=[N+]=[N-])o1. The van der Waals surface area contributed by atoms with Crippen LogP contribution < -0.4 is 0 Å². The van der Waals surface area contributed by atoms with Crippen LogP contribution >= 0.6 is 7.60 Å². The van der Waals surface area contributed by atoms with Gasteiger partial charge in [0.15, 0.2) is 0 Å². The van der Waals surface area contributed by atoms with E-state index in [0.29, 0.717) is 5.56 Å². The number of esters is 1. The number of carbonyl (C=O) groups excluding carboxylic acids is 1. The monoisotopic (exact) mass is 345 g/mol. The van der Waals surface area contributed by atoms with Gasteiger partial charge in [0.1, 0.15) is 5.76 Å². The van der Waals surface area contributed by atoms with Crippen molar-refractivity contribution in [2.45, 2.75) is 33.5 Å². The summed E-state index contributed by atoms with van der Waals surface area (Å²) in [4.78, 5) is 14.4. The summed E-state index contributed by atoms with van der Waals surface area (Å²) in [5.41, 5.74) is 8.86. The number of ether oxygens (including phenoxy) is 1. The molecule has 128 valence electrons. The van der Waals surface area contributed by atoms with Gasteiger partial charge in [-0.25, -0.2) is 4.79 Å². The van der Waals surface area contributed by atoms with Crippen molar-refractivity contribution >= 4 is 13.6 Å². The van der Waals surface area contributed by atoms with E-state index < -0.39 is 13.6 Å². The summed E-state index contributed by atoms with van der Waals surface area (Å²) in [5.74, 6) is -0.474. The quantitative estimate of drug-likeness (QED) is 0.207. The molecule has 0 aromatic carbocycles. The minimum Gasteiger partial charge on any atom is -0.460 e. The van der Waals surface area contributed by atoms with Crippen molar-refractivity contribution in [2.24, 2.45) is 5.11 Å². The average molecular weight is 345 g/mol. The molecule has 0 amide bonds. The van der Waals surface area contributed by atoms with Gasteiger partial charge in [0.25, 0.3) is 0 Å². The molecular formula is C13H20N3O6P. The first-order chi connectivity index (χ1) is 11.0. The Kier molecular flexibility index (Phi) is 7.85. The van der Waals surface area contributed by atoms with Gasteiger partial charge in [0, 0.05) is 10.5 Å². The van der Waals surface area contributed by atoms with Crippen LogP contribution in [0.4, 0.5) is 0 Å². The second kappa shape index (κ2) is 9.37. The normalized spacial score (nSPS) is 11.1. The van der Waals surface area contributed by atoms with Crippen LogP contribution in [-0.2, 0) is 31.1 Å². The third-order valence-electron chi connectivity index (χ3n) is 2.67. The maximum absolute atomic E-state index is 12.6. The Balaban J connectivity index is 3.12. The summed E-state index contributed by atoms with van der Waals surface area (Å²) >= 11 is 0. The molecule has 1 aromatic heterocycles. The van der Waals surface area contributed by atoms with Gasteiger partial charge in [-0.1, -0.05) is 5.11 Å². The smallest absolute Gasteiger partial charge is 0.374 e. The van der Waals surface area contributed by atoms with Crippen molar-refractivity contribution in [2.75, 3.05) is 19.8 Å². The van der Waals surface area contributed by atoms with Crippen molar-refractivity contribution in [3.63, 3.8) is 0 Å². The van der Waals surface area contributed by atoms with Gasteiger partial charge < -0.3 is 18.2 Å². The molecule has 0 radical (unpaired) electrons. The summed E-state index contributed by atoms with van der Waals surface area (Å²) in [6.07, 6.45) is -0.0894. The van der Waals surface area contributed by atoms with Crippen molar-refractivity contribution < 1.29 is 27.6 Å². The number of hydrogen-bond donors (Lipinski definition) is 0. The van der Waals surface area contributed by atoms with E-state index >= 15 is 0 Å². The molecule has 0 bridgehead atoms. The molecule has 1 heterocycles. The molecule has 0 aliphatic carbocycles. The zero-order chi connectivity index (χ0) is 17.3. The summed E-state index contributed by atoms with van der Waals surface area (Å²) in [5, 5.41) is 3.41. The third kappa shape index (κ3) is 5.73. The summed E-state index contributed by atoms with van der Waals surface area (Å²) in [6.45, 7) is 5.57. The molecule has 0 saturated heterocycles. The molecule has 0 aliphatic heterocycles. The van der Waals surface area contributed by atoms with Crippen LogP contribution in [-0.4, -0.2) is 25.8 Å². The predicted molar refractivity (Wildman–Crippen MR) is 82.1 cm³/mol.